The van der Waals surface area contributed by atoms with Crippen molar-refractivity contribution in [1.82, 2.24) is 14.9 Å². The Kier molecular flexibility index (Phi) is 5.51. The highest BCUT2D eigenvalue weighted by Gasteiger charge is 2.15. The lowest BCUT2D eigenvalue weighted by Gasteiger charge is -2.13. The molecule has 1 amide bonds. The van der Waals surface area contributed by atoms with Crippen molar-refractivity contribution in [2.45, 2.75) is 26.3 Å². The van der Waals surface area contributed by atoms with Crippen molar-refractivity contribution >= 4 is 16.9 Å². The van der Waals surface area contributed by atoms with Gasteiger partial charge in [0.15, 0.2) is 0 Å². The van der Waals surface area contributed by atoms with Crippen LogP contribution in [0.25, 0.3) is 11.0 Å². The maximum absolute atomic E-state index is 13.7. The minimum absolute atomic E-state index is 0.112. The zero-order chi connectivity index (χ0) is 18.5. The molecule has 1 atom stereocenters. The highest BCUT2D eigenvalue weighted by molar-refractivity contribution is 5.78. The third kappa shape index (κ3) is 4.02. The standard InChI is InChI=1S/C20H22FN3O2/c1-14(13-15-7-2-3-8-16(15)21)19(25)22-11-6-12-24-18-10-5-4-9-17(18)23-20(24)26/h2-5,7-10,14H,6,11-13H2,1H3,(H,22,25)(H,23,26). The Labute approximate surface area is 150 Å². The molecule has 0 aliphatic heterocycles. The molecule has 0 aliphatic carbocycles. The van der Waals surface area contributed by atoms with Crippen molar-refractivity contribution in [3.63, 3.8) is 0 Å². The molecule has 1 aromatic heterocycles. The van der Waals surface area contributed by atoms with Gasteiger partial charge in [0.1, 0.15) is 5.82 Å². The summed E-state index contributed by atoms with van der Waals surface area (Å²) in [7, 11) is 0. The summed E-state index contributed by atoms with van der Waals surface area (Å²) in [4.78, 5) is 27.0. The molecule has 2 N–H and O–H groups in total. The normalized spacial score (nSPS) is 12.2. The molecule has 0 saturated heterocycles. The van der Waals surface area contributed by atoms with E-state index in [1.54, 1.807) is 29.7 Å². The Hall–Kier alpha value is -2.89. The number of hydrogen-bond acceptors (Lipinski definition) is 2. The van der Waals surface area contributed by atoms with Gasteiger partial charge in [0.25, 0.3) is 0 Å². The summed E-state index contributed by atoms with van der Waals surface area (Å²) < 4.78 is 15.3. The summed E-state index contributed by atoms with van der Waals surface area (Å²) in [5.41, 5.74) is 2.06. The number of aryl methyl sites for hydroxylation is 1. The lowest BCUT2D eigenvalue weighted by molar-refractivity contribution is -0.124. The molecule has 0 radical (unpaired) electrons. The monoisotopic (exact) mass is 355 g/mol. The lowest BCUT2D eigenvalue weighted by Crippen LogP contribution is -2.32. The molecule has 2 aromatic carbocycles. The minimum Gasteiger partial charge on any atom is -0.356 e. The van der Waals surface area contributed by atoms with E-state index in [1.165, 1.54) is 6.07 Å². The van der Waals surface area contributed by atoms with E-state index in [-0.39, 0.29) is 23.3 Å². The summed E-state index contributed by atoms with van der Waals surface area (Å²) in [6.07, 6.45) is 1.00. The first-order chi connectivity index (χ1) is 12.6. The summed E-state index contributed by atoms with van der Waals surface area (Å²) in [6.45, 7) is 2.77. The van der Waals surface area contributed by atoms with Crippen LogP contribution in [0, 0.1) is 11.7 Å². The number of fused-ring (bicyclic) bond motifs is 1. The van der Waals surface area contributed by atoms with Gasteiger partial charge in [0, 0.05) is 19.0 Å². The van der Waals surface area contributed by atoms with Crippen LogP contribution >= 0.6 is 0 Å². The third-order valence-corrected chi connectivity index (χ3v) is 4.47. The van der Waals surface area contributed by atoms with Gasteiger partial charge in [-0.25, -0.2) is 9.18 Å². The number of carbonyl (C=O) groups is 1. The number of aromatic nitrogens is 2. The molecule has 0 aliphatic rings. The number of benzene rings is 2. The van der Waals surface area contributed by atoms with Crippen LogP contribution in [0.15, 0.2) is 53.3 Å². The lowest BCUT2D eigenvalue weighted by atomic mass is 10.00. The van der Waals surface area contributed by atoms with Crippen LogP contribution in [0.1, 0.15) is 18.9 Å². The molecule has 6 heteroatoms. The minimum atomic E-state index is -0.317. The Bertz CT molecular complexity index is 961. The fraction of sp³-hybridized carbons (Fsp3) is 0.300. The molecule has 1 unspecified atom stereocenters. The van der Waals surface area contributed by atoms with Gasteiger partial charge in [0.05, 0.1) is 11.0 Å². The van der Waals surface area contributed by atoms with E-state index in [0.29, 0.717) is 31.5 Å². The average molecular weight is 355 g/mol. The van der Waals surface area contributed by atoms with Gasteiger partial charge >= 0.3 is 5.69 Å². The summed E-state index contributed by atoms with van der Waals surface area (Å²) in [6, 6.07) is 14.0. The quantitative estimate of drug-likeness (QED) is 0.640. The van der Waals surface area contributed by atoms with Crippen LogP contribution in [0.3, 0.4) is 0 Å². The van der Waals surface area contributed by atoms with E-state index in [4.69, 9.17) is 0 Å². The van der Waals surface area contributed by atoms with E-state index in [9.17, 15) is 14.0 Å². The molecule has 0 spiro atoms. The summed E-state index contributed by atoms with van der Waals surface area (Å²) in [5.74, 6) is -0.715. The first kappa shape index (κ1) is 17.9. The molecule has 0 bridgehead atoms. The number of halogens is 1. The van der Waals surface area contributed by atoms with Gasteiger partial charge in [-0.05, 0) is 36.6 Å². The number of hydrogen-bond donors (Lipinski definition) is 2. The van der Waals surface area contributed by atoms with Crippen molar-refractivity contribution in [2.75, 3.05) is 6.54 Å². The highest BCUT2D eigenvalue weighted by Crippen LogP contribution is 2.13. The molecule has 136 valence electrons. The van der Waals surface area contributed by atoms with Gasteiger partial charge in [-0.2, -0.15) is 0 Å². The van der Waals surface area contributed by atoms with Crippen molar-refractivity contribution in [2.24, 2.45) is 5.92 Å². The fourth-order valence-electron chi connectivity index (χ4n) is 3.04. The molecular weight excluding hydrogens is 333 g/mol. The Morgan fingerprint density at radius 3 is 2.73 bits per heavy atom. The smallest absolute Gasteiger partial charge is 0.326 e. The van der Waals surface area contributed by atoms with Gasteiger partial charge in [-0.3, -0.25) is 9.36 Å². The summed E-state index contributed by atoms with van der Waals surface area (Å²) >= 11 is 0. The van der Waals surface area contributed by atoms with Crippen molar-refractivity contribution in [3.8, 4) is 0 Å². The third-order valence-electron chi connectivity index (χ3n) is 4.47. The Balaban J connectivity index is 1.50. The van der Waals surface area contributed by atoms with Crippen LogP contribution in [0.4, 0.5) is 4.39 Å². The van der Waals surface area contributed by atoms with Gasteiger partial charge in [-0.15, -0.1) is 0 Å². The number of nitrogens with zero attached hydrogens (tertiary/aromatic N) is 1. The molecule has 26 heavy (non-hydrogen) atoms. The van der Waals surface area contributed by atoms with Crippen molar-refractivity contribution in [1.29, 1.82) is 0 Å². The molecule has 5 nitrogen and oxygen atoms in total. The van der Waals surface area contributed by atoms with E-state index < -0.39 is 0 Å². The van der Waals surface area contributed by atoms with Gasteiger partial charge in [-0.1, -0.05) is 37.3 Å². The number of amides is 1. The topological polar surface area (TPSA) is 66.9 Å². The molecule has 0 saturated carbocycles. The fourth-order valence-corrected chi connectivity index (χ4v) is 3.04. The first-order valence-corrected chi connectivity index (χ1v) is 8.75. The second-order valence-corrected chi connectivity index (χ2v) is 6.44. The van der Waals surface area contributed by atoms with Crippen LogP contribution < -0.4 is 11.0 Å². The van der Waals surface area contributed by atoms with Crippen molar-refractivity contribution < 1.29 is 9.18 Å². The van der Waals surface area contributed by atoms with Crippen LogP contribution in [-0.4, -0.2) is 22.0 Å². The maximum atomic E-state index is 13.7. The Morgan fingerprint density at radius 2 is 1.92 bits per heavy atom. The second-order valence-electron chi connectivity index (χ2n) is 6.44. The number of para-hydroxylation sites is 2. The van der Waals surface area contributed by atoms with Crippen LogP contribution in [0.2, 0.25) is 0 Å². The predicted molar refractivity (Wildman–Crippen MR) is 99.5 cm³/mol. The van der Waals surface area contributed by atoms with E-state index >= 15 is 0 Å². The molecule has 1 heterocycles. The number of nitrogens with one attached hydrogen (secondary N) is 2. The average Bonchev–Trinajstić information content (AvgIpc) is 2.95. The predicted octanol–water partition coefficient (Wildman–Crippen LogP) is 2.85. The molecule has 0 fully saturated rings. The second kappa shape index (κ2) is 7.99. The maximum Gasteiger partial charge on any atom is 0.326 e. The van der Waals surface area contributed by atoms with Gasteiger partial charge in [0.2, 0.25) is 5.91 Å². The zero-order valence-electron chi connectivity index (χ0n) is 14.7. The number of rotatable bonds is 7. The van der Waals surface area contributed by atoms with Crippen LogP contribution in [0.5, 0.6) is 0 Å². The zero-order valence-corrected chi connectivity index (χ0v) is 14.7. The number of H-pyrrole nitrogens is 1. The summed E-state index contributed by atoms with van der Waals surface area (Å²) in [5, 5.41) is 2.87. The SMILES string of the molecule is CC(Cc1ccccc1F)C(=O)NCCCn1c(=O)[nH]c2ccccc21. The van der Waals surface area contributed by atoms with Gasteiger partial charge < -0.3 is 10.3 Å². The molecule has 3 rings (SSSR count). The molecular formula is C20H22FN3O2. The number of aromatic amines is 1. The number of carbonyl (C=O) groups excluding carboxylic acids is 1. The van der Waals surface area contributed by atoms with E-state index in [0.717, 1.165) is 11.0 Å². The van der Waals surface area contributed by atoms with E-state index in [2.05, 4.69) is 10.3 Å². The van der Waals surface area contributed by atoms with Crippen molar-refractivity contribution in [3.05, 3.63) is 70.4 Å². The van der Waals surface area contributed by atoms with Crippen LogP contribution in [-0.2, 0) is 17.8 Å². The Morgan fingerprint density at radius 1 is 1.19 bits per heavy atom. The highest BCUT2D eigenvalue weighted by atomic mass is 19.1. The largest absolute Gasteiger partial charge is 0.356 e. The molecule has 3 aromatic rings. The van der Waals surface area contributed by atoms with E-state index in [1.807, 2.05) is 24.3 Å². The first-order valence-electron chi connectivity index (χ1n) is 8.75. The number of imidazole rings is 1.